The first-order valence-corrected chi connectivity index (χ1v) is 6.56. The van der Waals surface area contributed by atoms with Crippen LogP contribution in [0.3, 0.4) is 0 Å². The monoisotopic (exact) mass is 274 g/mol. The zero-order valence-corrected chi connectivity index (χ0v) is 11.0. The van der Waals surface area contributed by atoms with Crippen LogP contribution in [0.5, 0.6) is 5.95 Å². The van der Waals surface area contributed by atoms with E-state index < -0.39 is 5.95 Å². The number of fused-ring (bicyclic) bond motifs is 1. The second kappa shape index (κ2) is 4.67. The largest absolute Gasteiger partial charge is 0.480 e. The van der Waals surface area contributed by atoms with Gasteiger partial charge in [0, 0.05) is 25.2 Å². The van der Waals surface area contributed by atoms with Crippen LogP contribution >= 0.6 is 0 Å². The number of carbonyl (C=O) groups excluding carboxylic acids is 2. The summed E-state index contributed by atoms with van der Waals surface area (Å²) in [5, 5.41) is 9.78. The van der Waals surface area contributed by atoms with Gasteiger partial charge in [-0.1, -0.05) is 6.92 Å². The minimum Gasteiger partial charge on any atom is -0.480 e. The lowest BCUT2D eigenvalue weighted by atomic mass is 9.83. The van der Waals surface area contributed by atoms with Crippen LogP contribution in [-0.4, -0.2) is 16.7 Å². The van der Waals surface area contributed by atoms with Gasteiger partial charge in [-0.25, -0.2) is 0 Å². The first-order valence-electron chi connectivity index (χ1n) is 6.56. The normalized spacial score (nSPS) is 18.1. The number of ketones is 2. The van der Waals surface area contributed by atoms with Crippen molar-refractivity contribution in [3.05, 3.63) is 41.0 Å². The fourth-order valence-corrected chi connectivity index (χ4v) is 2.69. The maximum Gasteiger partial charge on any atom is 0.294 e. The Hall–Kier alpha value is -2.30. The van der Waals surface area contributed by atoms with Crippen LogP contribution in [0.1, 0.15) is 57.9 Å². The summed E-state index contributed by atoms with van der Waals surface area (Å²) in [5.74, 6) is 0.0569. The van der Waals surface area contributed by atoms with Crippen LogP contribution in [-0.2, 0) is 6.42 Å². The molecule has 0 spiro atoms. The summed E-state index contributed by atoms with van der Waals surface area (Å²) in [6.07, 6.45) is 2.47. The molecule has 104 valence electrons. The lowest BCUT2D eigenvalue weighted by Crippen LogP contribution is -2.19. The van der Waals surface area contributed by atoms with Gasteiger partial charge in [-0.05, 0) is 12.1 Å². The number of carbonyl (C=O) groups is 2. The van der Waals surface area contributed by atoms with Crippen molar-refractivity contribution in [3.63, 3.8) is 0 Å². The summed E-state index contributed by atoms with van der Waals surface area (Å²) in [6.45, 7) is 1.68. The first-order chi connectivity index (χ1) is 9.61. The standard InChI is InChI=1S/C15H14O5/c1-2-9(16)14-13-10(17)6-8(11-4-3-5-19-11)7-12(13)20-15(14)18/h3-5,8,18H,2,6-7H2,1H3. The van der Waals surface area contributed by atoms with E-state index in [0.29, 0.717) is 17.9 Å². The molecule has 1 atom stereocenters. The predicted octanol–water partition coefficient (Wildman–Crippen LogP) is 3.08. The van der Waals surface area contributed by atoms with Crippen LogP contribution < -0.4 is 0 Å². The third kappa shape index (κ3) is 1.86. The molecular weight excluding hydrogens is 260 g/mol. The van der Waals surface area contributed by atoms with Gasteiger partial charge in [-0.3, -0.25) is 9.59 Å². The third-order valence-electron chi connectivity index (χ3n) is 3.65. The minimum atomic E-state index is -0.449. The Kier molecular flexibility index (Phi) is 2.97. The number of rotatable bonds is 3. The zero-order valence-electron chi connectivity index (χ0n) is 11.0. The van der Waals surface area contributed by atoms with E-state index in [1.807, 2.05) is 6.07 Å². The summed E-state index contributed by atoms with van der Waals surface area (Å²) in [6, 6.07) is 3.57. The van der Waals surface area contributed by atoms with E-state index in [9.17, 15) is 14.7 Å². The van der Waals surface area contributed by atoms with Crippen molar-refractivity contribution in [2.24, 2.45) is 0 Å². The Balaban J connectivity index is 2.03. The van der Waals surface area contributed by atoms with E-state index >= 15 is 0 Å². The maximum absolute atomic E-state index is 12.3. The molecule has 1 aliphatic carbocycles. The number of furan rings is 2. The fourth-order valence-electron chi connectivity index (χ4n) is 2.69. The lowest BCUT2D eigenvalue weighted by Gasteiger charge is -2.18. The molecule has 0 aromatic carbocycles. The molecule has 1 unspecified atom stereocenters. The van der Waals surface area contributed by atoms with Crippen molar-refractivity contribution in [2.45, 2.75) is 32.1 Å². The second-order valence-corrected chi connectivity index (χ2v) is 4.90. The van der Waals surface area contributed by atoms with E-state index in [1.165, 1.54) is 0 Å². The number of hydrogen-bond donors (Lipinski definition) is 1. The van der Waals surface area contributed by atoms with E-state index in [2.05, 4.69) is 0 Å². The molecule has 5 heteroatoms. The number of hydrogen-bond acceptors (Lipinski definition) is 5. The summed E-state index contributed by atoms with van der Waals surface area (Å²) in [4.78, 5) is 24.1. The van der Waals surface area contributed by atoms with Gasteiger partial charge in [-0.15, -0.1) is 0 Å². The fraction of sp³-hybridized carbons (Fsp3) is 0.333. The molecule has 0 saturated carbocycles. The van der Waals surface area contributed by atoms with Crippen molar-refractivity contribution >= 4 is 11.6 Å². The van der Waals surface area contributed by atoms with Crippen molar-refractivity contribution < 1.29 is 23.5 Å². The van der Waals surface area contributed by atoms with Crippen molar-refractivity contribution in [1.29, 1.82) is 0 Å². The molecule has 1 N–H and O–H groups in total. The molecule has 1 aliphatic rings. The van der Waals surface area contributed by atoms with Gasteiger partial charge in [0.2, 0.25) is 0 Å². The Morgan fingerprint density at radius 1 is 1.45 bits per heavy atom. The van der Waals surface area contributed by atoms with Crippen LogP contribution in [0.15, 0.2) is 27.2 Å². The molecule has 0 saturated heterocycles. The Morgan fingerprint density at radius 3 is 2.90 bits per heavy atom. The maximum atomic E-state index is 12.3. The van der Waals surface area contributed by atoms with Crippen LogP contribution in [0.4, 0.5) is 0 Å². The molecule has 0 bridgehead atoms. The van der Waals surface area contributed by atoms with Crippen LogP contribution in [0.2, 0.25) is 0 Å². The number of Topliss-reactive ketones (excluding diaryl/α,β-unsaturated/α-hetero) is 2. The summed E-state index contributed by atoms with van der Waals surface area (Å²) >= 11 is 0. The van der Waals surface area contributed by atoms with Crippen molar-refractivity contribution in [1.82, 2.24) is 0 Å². The molecule has 20 heavy (non-hydrogen) atoms. The third-order valence-corrected chi connectivity index (χ3v) is 3.65. The molecule has 5 nitrogen and oxygen atoms in total. The van der Waals surface area contributed by atoms with Gasteiger partial charge in [-0.2, -0.15) is 0 Å². The molecule has 2 aromatic heterocycles. The molecule has 2 aromatic rings. The van der Waals surface area contributed by atoms with Crippen molar-refractivity contribution in [3.8, 4) is 5.95 Å². The van der Waals surface area contributed by atoms with Crippen LogP contribution in [0, 0.1) is 0 Å². The van der Waals surface area contributed by atoms with Gasteiger partial charge in [0.25, 0.3) is 5.95 Å². The van der Waals surface area contributed by atoms with E-state index in [-0.39, 0.29) is 41.5 Å². The Labute approximate surface area is 115 Å². The molecule has 0 amide bonds. The minimum absolute atomic E-state index is 0.0328. The van der Waals surface area contributed by atoms with E-state index in [0.717, 1.165) is 0 Å². The predicted molar refractivity (Wildman–Crippen MR) is 69.1 cm³/mol. The van der Waals surface area contributed by atoms with E-state index in [4.69, 9.17) is 8.83 Å². The van der Waals surface area contributed by atoms with Crippen molar-refractivity contribution in [2.75, 3.05) is 0 Å². The highest BCUT2D eigenvalue weighted by molar-refractivity contribution is 6.11. The van der Waals surface area contributed by atoms with E-state index in [1.54, 1.807) is 19.3 Å². The summed E-state index contributed by atoms with van der Waals surface area (Å²) in [5.41, 5.74) is 0.280. The SMILES string of the molecule is CCC(=O)c1c(O)oc2c1C(=O)CC(c1ccco1)C2. The van der Waals surface area contributed by atoms with Gasteiger partial charge >= 0.3 is 0 Å². The lowest BCUT2D eigenvalue weighted by molar-refractivity contribution is 0.0936. The average molecular weight is 274 g/mol. The second-order valence-electron chi connectivity index (χ2n) is 4.90. The highest BCUT2D eigenvalue weighted by Crippen LogP contribution is 2.39. The highest BCUT2D eigenvalue weighted by atomic mass is 16.5. The Bertz CT molecular complexity index is 663. The van der Waals surface area contributed by atoms with Gasteiger partial charge in [0.1, 0.15) is 17.1 Å². The summed E-state index contributed by atoms with van der Waals surface area (Å²) < 4.78 is 10.5. The smallest absolute Gasteiger partial charge is 0.294 e. The highest BCUT2D eigenvalue weighted by Gasteiger charge is 2.36. The molecule has 0 radical (unpaired) electrons. The van der Waals surface area contributed by atoms with Gasteiger partial charge in [0.05, 0.1) is 11.8 Å². The zero-order chi connectivity index (χ0) is 14.3. The first kappa shape index (κ1) is 12.7. The van der Waals surface area contributed by atoms with Gasteiger partial charge in [0.15, 0.2) is 11.6 Å². The van der Waals surface area contributed by atoms with Crippen LogP contribution in [0.25, 0.3) is 0 Å². The molecule has 0 aliphatic heterocycles. The topological polar surface area (TPSA) is 80.6 Å². The molecule has 0 fully saturated rings. The Morgan fingerprint density at radius 2 is 2.25 bits per heavy atom. The van der Waals surface area contributed by atoms with Gasteiger partial charge < -0.3 is 13.9 Å². The molecular formula is C15H14O5. The number of aromatic hydroxyl groups is 1. The quantitative estimate of drug-likeness (QED) is 0.870. The summed E-state index contributed by atoms with van der Waals surface area (Å²) in [7, 11) is 0. The molecule has 2 heterocycles. The average Bonchev–Trinajstić information content (AvgIpc) is 3.04. The molecule has 3 rings (SSSR count).